The van der Waals surface area contributed by atoms with Crippen LogP contribution in [0.5, 0.6) is 11.5 Å². The molecule has 146 valence electrons. The zero-order chi connectivity index (χ0) is 19.2. The normalized spacial score (nSPS) is 27.7. The van der Waals surface area contributed by atoms with Crippen LogP contribution in [0.25, 0.3) is 0 Å². The monoisotopic (exact) mass is 371 g/mol. The van der Waals surface area contributed by atoms with Crippen molar-refractivity contribution in [2.24, 2.45) is 7.05 Å². The molecule has 6 nitrogen and oxygen atoms in total. The topological polar surface area (TPSA) is 59.8 Å². The third kappa shape index (κ3) is 3.11. The first-order valence-electron chi connectivity index (χ1n) is 9.62. The summed E-state index contributed by atoms with van der Waals surface area (Å²) in [5.41, 5.74) is 1.64. The van der Waals surface area contributed by atoms with Crippen LogP contribution in [0.1, 0.15) is 42.6 Å². The lowest BCUT2D eigenvalue weighted by atomic mass is 9.85. The minimum Gasteiger partial charge on any atom is -0.493 e. The van der Waals surface area contributed by atoms with E-state index in [4.69, 9.17) is 9.47 Å². The van der Waals surface area contributed by atoms with Gasteiger partial charge in [0.25, 0.3) is 0 Å². The van der Waals surface area contributed by atoms with Crippen LogP contribution in [0.4, 0.5) is 0 Å². The summed E-state index contributed by atoms with van der Waals surface area (Å²) in [7, 11) is 5.30. The summed E-state index contributed by atoms with van der Waals surface area (Å²) in [6, 6.07) is 4.88. The molecule has 2 bridgehead atoms. The van der Waals surface area contributed by atoms with Gasteiger partial charge in [0, 0.05) is 38.1 Å². The summed E-state index contributed by atoms with van der Waals surface area (Å²) in [4.78, 5) is 7.00. The van der Waals surface area contributed by atoms with E-state index in [0.717, 1.165) is 49.6 Å². The molecule has 6 heteroatoms. The maximum Gasteiger partial charge on any atom is 0.161 e. The van der Waals surface area contributed by atoms with E-state index >= 15 is 0 Å². The third-order valence-electron chi connectivity index (χ3n) is 6.35. The van der Waals surface area contributed by atoms with Gasteiger partial charge in [0.1, 0.15) is 11.4 Å². The Balaban J connectivity index is 1.57. The van der Waals surface area contributed by atoms with Gasteiger partial charge in [-0.2, -0.15) is 0 Å². The van der Waals surface area contributed by atoms with Crippen LogP contribution < -0.4 is 9.47 Å². The minimum atomic E-state index is -0.826. The quantitative estimate of drug-likeness (QED) is 0.876. The van der Waals surface area contributed by atoms with E-state index in [2.05, 4.69) is 22.9 Å². The predicted octanol–water partition coefficient (Wildman–Crippen LogP) is 2.76. The molecule has 2 fully saturated rings. The summed E-state index contributed by atoms with van der Waals surface area (Å²) in [6.45, 7) is 2.99. The summed E-state index contributed by atoms with van der Waals surface area (Å²) in [5, 5.41) is 11.3. The van der Waals surface area contributed by atoms with Crippen LogP contribution in [0, 0.1) is 6.92 Å². The van der Waals surface area contributed by atoms with E-state index in [1.807, 2.05) is 23.9 Å². The van der Waals surface area contributed by atoms with E-state index in [1.165, 1.54) is 11.1 Å². The summed E-state index contributed by atoms with van der Waals surface area (Å²) >= 11 is 0. The number of benzene rings is 1. The largest absolute Gasteiger partial charge is 0.493 e. The fourth-order valence-corrected chi connectivity index (χ4v) is 4.96. The average Bonchev–Trinajstić information content (AvgIpc) is 3.18. The molecule has 0 radical (unpaired) electrons. The maximum atomic E-state index is 11.3. The van der Waals surface area contributed by atoms with Crippen molar-refractivity contribution in [1.29, 1.82) is 0 Å². The molecular weight excluding hydrogens is 342 g/mol. The molecule has 27 heavy (non-hydrogen) atoms. The van der Waals surface area contributed by atoms with Crippen molar-refractivity contribution in [1.82, 2.24) is 14.5 Å². The molecule has 1 unspecified atom stereocenters. The van der Waals surface area contributed by atoms with Gasteiger partial charge in [0.2, 0.25) is 0 Å². The summed E-state index contributed by atoms with van der Waals surface area (Å²) < 4.78 is 12.9. The number of nitrogens with zero attached hydrogens (tertiary/aromatic N) is 3. The van der Waals surface area contributed by atoms with Crippen molar-refractivity contribution in [3.05, 3.63) is 41.5 Å². The summed E-state index contributed by atoms with van der Waals surface area (Å²) in [5.74, 6) is 2.33. The molecule has 4 rings (SSSR count). The van der Waals surface area contributed by atoms with Crippen LogP contribution in [0.3, 0.4) is 0 Å². The standard InChI is InChI=1S/C21H29N3O3/c1-14-9-18(26-3)19(27-4)10-15(14)13-24-16-5-6-17(24)12-21(25,11-16)20-22-7-8-23(20)2/h7-10,16-17,25H,5-6,11-13H2,1-4H3/t16-,17+,21?. The van der Waals surface area contributed by atoms with Gasteiger partial charge >= 0.3 is 0 Å². The SMILES string of the molecule is COc1cc(C)c(CN2[C@@H]3CC[C@H]2CC(O)(c2nccn2C)C3)cc1OC. The van der Waals surface area contributed by atoms with Crippen molar-refractivity contribution in [2.75, 3.05) is 14.2 Å². The van der Waals surface area contributed by atoms with Crippen molar-refractivity contribution in [3.8, 4) is 11.5 Å². The van der Waals surface area contributed by atoms with Gasteiger partial charge in [0.15, 0.2) is 11.5 Å². The number of piperidine rings is 1. The molecule has 2 saturated heterocycles. The number of hydrogen-bond donors (Lipinski definition) is 1. The number of fused-ring (bicyclic) bond motifs is 2. The molecule has 2 aliphatic rings. The average molecular weight is 371 g/mol. The molecule has 1 aromatic heterocycles. The van der Waals surface area contributed by atoms with Gasteiger partial charge in [-0.15, -0.1) is 0 Å². The molecule has 0 amide bonds. The fourth-order valence-electron chi connectivity index (χ4n) is 4.96. The van der Waals surface area contributed by atoms with Gasteiger partial charge in [-0.3, -0.25) is 4.90 Å². The molecule has 3 heterocycles. The summed E-state index contributed by atoms with van der Waals surface area (Å²) in [6.07, 6.45) is 7.41. The van der Waals surface area contributed by atoms with Gasteiger partial charge in [-0.05, 0) is 55.9 Å². The number of aryl methyl sites for hydroxylation is 2. The van der Waals surface area contributed by atoms with Crippen LogP contribution >= 0.6 is 0 Å². The van der Waals surface area contributed by atoms with E-state index in [1.54, 1.807) is 20.4 Å². The molecule has 0 aliphatic carbocycles. The number of aromatic nitrogens is 2. The van der Waals surface area contributed by atoms with E-state index in [9.17, 15) is 5.11 Å². The van der Waals surface area contributed by atoms with Gasteiger partial charge < -0.3 is 19.1 Å². The molecule has 2 aromatic rings. The number of rotatable bonds is 5. The highest BCUT2D eigenvalue weighted by Crippen LogP contribution is 2.46. The molecule has 1 aromatic carbocycles. The van der Waals surface area contributed by atoms with Gasteiger partial charge in [-0.25, -0.2) is 4.98 Å². The lowest BCUT2D eigenvalue weighted by molar-refractivity contribution is -0.0670. The van der Waals surface area contributed by atoms with Crippen molar-refractivity contribution in [3.63, 3.8) is 0 Å². The van der Waals surface area contributed by atoms with Crippen molar-refractivity contribution < 1.29 is 14.6 Å². The Hall–Kier alpha value is -2.05. The first-order valence-corrected chi connectivity index (χ1v) is 9.62. The number of aliphatic hydroxyl groups is 1. The molecule has 0 saturated carbocycles. The van der Waals surface area contributed by atoms with Gasteiger partial charge in [-0.1, -0.05) is 0 Å². The predicted molar refractivity (Wildman–Crippen MR) is 103 cm³/mol. The highest BCUT2D eigenvalue weighted by Gasteiger charge is 2.49. The van der Waals surface area contributed by atoms with E-state index in [0.29, 0.717) is 12.1 Å². The number of methoxy groups -OCH3 is 2. The molecule has 1 N–H and O–H groups in total. The second-order valence-corrected chi connectivity index (χ2v) is 7.99. The van der Waals surface area contributed by atoms with Crippen LogP contribution in [-0.4, -0.2) is 45.9 Å². The zero-order valence-corrected chi connectivity index (χ0v) is 16.6. The Kier molecular flexibility index (Phi) is 4.64. The van der Waals surface area contributed by atoms with Crippen molar-refractivity contribution in [2.45, 2.75) is 56.8 Å². The lowest BCUT2D eigenvalue weighted by Crippen LogP contribution is -2.50. The van der Waals surface area contributed by atoms with Crippen LogP contribution in [0.2, 0.25) is 0 Å². The van der Waals surface area contributed by atoms with Crippen LogP contribution in [0.15, 0.2) is 24.5 Å². The highest BCUT2D eigenvalue weighted by molar-refractivity contribution is 5.47. The Morgan fingerprint density at radius 3 is 2.33 bits per heavy atom. The number of ether oxygens (including phenoxy) is 2. The fraction of sp³-hybridized carbons (Fsp3) is 0.571. The number of hydrogen-bond acceptors (Lipinski definition) is 5. The maximum absolute atomic E-state index is 11.3. The zero-order valence-electron chi connectivity index (χ0n) is 16.6. The molecule has 2 aliphatic heterocycles. The highest BCUT2D eigenvalue weighted by atomic mass is 16.5. The van der Waals surface area contributed by atoms with Gasteiger partial charge in [0.05, 0.1) is 14.2 Å². The Bertz CT molecular complexity index is 818. The Morgan fingerprint density at radius 2 is 1.78 bits per heavy atom. The van der Waals surface area contributed by atoms with E-state index < -0.39 is 5.60 Å². The second-order valence-electron chi connectivity index (χ2n) is 7.99. The third-order valence-corrected chi connectivity index (χ3v) is 6.35. The Labute approximate surface area is 160 Å². The first-order chi connectivity index (χ1) is 12.9. The number of imidazole rings is 1. The van der Waals surface area contributed by atoms with Crippen molar-refractivity contribution >= 4 is 0 Å². The molecule has 0 spiro atoms. The lowest BCUT2D eigenvalue weighted by Gasteiger charge is -2.43. The first kappa shape index (κ1) is 18.3. The minimum absolute atomic E-state index is 0.373. The smallest absolute Gasteiger partial charge is 0.161 e. The molecule has 3 atom stereocenters. The van der Waals surface area contributed by atoms with Crippen LogP contribution in [-0.2, 0) is 19.2 Å². The Morgan fingerprint density at radius 1 is 1.15 bits per heavy atom. The second kappa shape index (κ2) is 6.84. The molecular formula is C21H29N3O3. The van der Waals surface area contributed by atoms with E-state index in [-0.39, 0.29) is 0 Å².